The quantitative estimate of drug-likeness (QED) is 0.702. The monoisotopic (exact) mass is 337 g/mol. The Labute approximate surface area is 145 Å². The average molecular weight is 337 g/mol. The van der Waals surface area contributed by atoms with Gasteiger partial charge in [-0.1, -0.05) is 17.7 Å². The van der Waals surface area contributed by atoms with Crippen LogP contribution in [0.2, 0.25) is 0 Å². The first-order valence-electron chi connectivity index (χ1n) is 7.86. The highest BCUT2D eigenvalue weighted by Crippen LogP contribution is 2.22. The Kier molecular flexibility index (Phi) is 4.71. The summed E-state index contributed by atoms with van der Waals surface area (Å²) in [5.74, 6) is 0.00821. The first kappa shape index (κ1) is 16.3. The van der Waals surface area contributed by atoms with E-state index in [1.165, 1.54) is 16.9 Å². The number of carbonyl (C=O) groups excluding carboxylic acids is 1. The van der Waals surface area contributed by atoms with E-state index >= 15 is 0 Å². The Morgan fingerprint density at radius 3 is 2.71 bits per heavy atom. The highest BCUT2D eigenvalue weighted by atomic mass is 32.1. The first-order valence-corrected chi connectivity index (χ1v) is 8.74. The summed E-state index contributed by atoms with van der Waals surface area (Å²) in [4.78, 5) is 22.4. The molecule has 0 saturated heterocycles. The first-order chi connectivity index (χ1) is 11.6. The molecule has 2 aromatic heterocycles. The van der Waals surface area contributed by atoms with Crippen LogP contribution in [0.25, 0.3) is 23.1 Å². The molecule has 0 aliphatic heterocycles. The number of hydrogen-bond acceptors (Lipinski definition) is 4. The summed E-state index contributed by atoms with van der Waals surface area (Å²) < 4.78 is 0. The minimum Gasteiger partial charge on any atom is -0.289 e. The van der Waals surface area contributed by atoms with Crippen molar-refractivity contribution in [1.82, 2.24) is 9.97 Å². The van der Waals surface area contributed by atoms with E-state index in [-0.39, 0.29) is 5.91 Å². The summed E-state index contributed by atoms with van der Waals surface area (Å²) in [6, 6.07) is 10.3. The van der Waals surface area contributed by atoms with Crippen molar-refractivity contribution in [3.63, 3.8) is 0 Å². The van der Waals surface area contributed by atoms with Crippen LogP contribution in [0, 0.1) is 6.92 Å². The van der Waals surface area contributed by atoms with Crippen LogP contribution in [-0.2, 0) is 4.79 Å². The zero-order chi connectivity index (χ0) is 17.1. The lowest BCUT2D eigenvalue weighted by Gasteiger charge is -2.14. The van der Waals surface area contributed by atoms with Gasteiger partial charge >= 0.3 is 0 Å². The molecule has 24 heavy (non-hydrogen) atoms. The number of anilines is 1. The number of nitrogens with zero attached hydrogens (tertiary/aromatic N) is 3. The molecule has 3 aromatic rings. The third kappa shape index (κ3) is 3.51. The molecule has 0 fully saturated rings. The van der Waals surface area contributed by atoms with Crippen LogP contribution < -0.4 is 4.90 Å². The Morgan fingerprint density at radius 1 is 1.17 bits per heavy atom. The Balaban J connectivity index is 1.82. The van der Waals surface area contributed by atoms with E-state index in [9.17, 15) is 4.79 Å². The van der Waals surface area contributed by atoms with E-state index in [2.05, 4.69) is 35.1 Å². The smallest absolute Gasteiger partial charge is 0.225 e. The highest BCUT2D eigenvalue weighted by Gasteiger charge is 2.12. The van der Waals surface area contributed by atoms with Crippen LogP contribution in [0.5, 0.6) is 0 Å². The van der Waals surface area contributed by atoms with Crippen molar-refractivity contribution in [3.8, 4) is 0 Å². The maximum Gasteiger partial charge on any atom is 0.225 e. The van der Waals surface area contributed by atoms with Gasteiger partial charge in [0, 0.05) is 24.2 Å². The van der Waals surface area contributed by atoms with E-state index in [4.69, 9.17) is 0 Å². The molecule has 0 saturated carbocycles. The predicted octanol–water partition coefficient (Wildman–Crippen LogP) is 4.54. The van der Waals surface area contributed by atoms with Crippen molar-refractivity contribution < 1.29 is 4.79 Å². The fraction of sp³-hybridized carbons (Fsp3) is 0.211. The van der Waals surface area contributed by atoms with Gasteiger partial charge in [0.05, 0.1) is 16.9 Å². The maximum absolute atomic E-state index is 11.6. The predicted molar refractivity (Wildman–Crippen MR) is 101 cm³/mol. The van der Waals surface area contributed by atoms with Gasteiger partial charge in [-0.05, 0) is 44.2 Å². The van der Waals surface area contributed by atoms with Gasteiger partial charge in [-0.2, -0.15) is 0 Å². The molecule has 0 bridgehead atoms. The van der Waals surface area contributed by atoms with Gasteiger partial charge in [-0.3, -0.25) is 9.69 Å². The standard InChI is InChI=1S/C19H19N3OS/c1-4-22(14(3)23)19-21-17(12-24-19)9-8-16-7-6-15-11-13(2)5-10-18(15)20-16/h5-12H,4H2,1-3H3/b9-8+. The molecule has 122 valence electrons. The summed E-state index contributed by atoms with van der Waals surface area (Å²) in [6.45, 7) is 6.20. The highest BCUT2D eigenvalue weighted by molar-refractivity contribution is 7.14. The summed E-state index contributed by atoms with van der Waals surface area (Å²) in [7, 11) is 0. The van der Waals surface area contributed by atoms with Gasteiger partial charge in [-0.15, -0.1) is 11.3 Å². The molecular weight excluding hydrogens is 318 g/mol. The third-order valence-corrected chi connectivity index (χ3v) is 4.61. The molecule has 0 spiro atoms. The van der Waals surface area contributed by atoms with Crippen LogP contribution in [0.4, 0.5) is 5.13 Å². The summed E-state index contributed by atoms with van der Waals surface area (Å²) in [6.07, 6.45) is 3.87. The van der Waals surface area contributed by atoms with Crippen molar-refractivity contribution >= 4 is 45.4 Å². The zero-order valence-electron chi connectivity index (χ0n) is 14.0. The molecule has 4 nitrogen and oxygen atoms in total. The molecule has 5 heteroatoms. The second-order valence-electron chi connectivity index (χ2n) is 5.58. The number of carbonyl (C=O) groups is 1. The molecule has 1 amide bonds. The van der Waals surface area contributed by atoms with Crippen LogP contribution in [-0.4, -0.2) is 22.4 Å². The molecule has 2 heterocycles. The number of amides is 1. The van der Waals surface area contributed by atoms with Gasteiger partial charge in [0.15, 0.2) is 5.13 Å². The molecular formula is C19H19N3OS. The number of aromatic nitrogens is 2. The number of benzene rings is 1. The average Bonchev–Trinajstić information content (AvgIpc) is 3.01. The lowest BCUT2D eigenvalue weighted by molar-refractivity contribution is -0.116. The number of rotatable bonds is 4. The van der Waals surface area contributed by atoms with Crippen LogP contribution in [0.15, 0.2) is 35.7 Å². The van der Waals surface area contributed by atoms with Crippen molar-refractivity contribution in [2.24, 2.45) is 0 Å². The minimum absolute atomic E-state index is 0.00821. The van der Waals surface area contributed by atoms with Gasteiger partial charge in [0.1, 0.15) is 0 Å². The third-order valence-electron chi connectivity index (χ3n) is 3.73. The molecule has 0 radical (unpaired) electrons. The normalized spacial score (nSPS) is 11.3. The van der Waals surface area contributed by atoms with Crippen molar-refractivity contribution in [2.45, 2.75) is 20.8 Å². The maximum atomic E-state index is 11.6. The lowest BCUT2D eigenvalue weighted by atomic mass is 10.1. The van der Waals surface area contributed by atoms with Crippen molar-refractivity contribution in [1.29, 1.82) is 0 Å². The number of thiazole rings is 1. The van der Waals surface area contributed by atoms with Gasteiger partial charge in [0.2, 0.25) is 5.91 Å². The van der Waals surface area contributed by atoms with Crippen molar-refractivity contribution in [3.05, 3.63) is 52.7 Å². The number of pyridine rings is 1. The lowest BCUT2D eigenvalue weighted by Crippen LogP contribution is -2.27. The molecule has 3 rings (SSSR count). The largest absolute Gasteiger partial charge is 0.289 e. The molecule has 1 aromatic carbocycles. The van der Waals surface area contributed by atoms with Crippen LogP contribution in [0.3, 0.4) is 0 Å². The summed E-state index contributed by atoms with van der Waals surface area (Å²) in [5, 5.41) is 3.82. The van der Waals surface area contributed by atoms with Gasteiger partial charge in [-0.25, -0.2) is 9.97 Å². The van der Waals surface area contributed by atoms with Gasteiger partial charge in [0.25, 0.3) is 0 Å². The summed E-state index contributed by atoms with van der Waals surface area (Å²) in [5.41, 5.74) is 3.93. The second-order valence-corrected chi connectivity index (χ2v) is 6.42. The van der Waals surface area contributed by atoms with Gasteiger partial charge < -0.3 is 0 Å². The molecule has 0 atom stereocenters. The number of fused-ring (bicyclic) bond motifs is 1. The topological polar surface area (TPSA) is 46.1 Å². The Morgan fingerprint density at radius 2 is 1.96 bits per heavy atom. The van der Waals surface area contributed by atoms with E-state index in [1.807, 2.05) is 36.6 Å². The Bertz CT molecular complexity index is 914. The summed E-state index contributed by atoms with van der Waals surface area (Å²) >= 11 is 1.47. The number of hydrogen-bond donors (Lipinski definition) is 0. The molecule has 0 aliphatic rings. The van der Waals surface area contributed by atoms with Crippen LogP contribution >= 0.6 is 11.3 Å². The molecule has 0 unspecified atom stereocenters. The minimum atomic E-state index is 0.00821. The fourth-order valence-electron chi connectivity index (χ4n) is 2.49. The molecule has 0 N–H and O–H groups in total. The number of aryl methyl sites for hydroxylation is 1. The van der Waals surface area contributed by atoms with E-state index < -0.39 is 0 Å². The van der Waals surface area contributed by atoms with Crippen LogP contribution in [0.1, 0.15) is 30.8 Å². The Hall–Kier alpha value is -2.53. The fourth-order valence-corrected chi connectivity index (χ4v) is 3.39. The zero-order valence-corrected chi connectivity index (χ0v) is 14.8. The van der Waals surface area contributed by atoms with E-state index in [0.29, 0.717) is 6.54 Å². The van der Waals surface area contributed by atoms with Crippen molar-refractivity contribution in [2.75, 3.05) is 11.4 Å². The second kappa shape index (κ2) is 6.93. The van der Waals surface area contributed by atoms with E-state index in [0.717, 1.165) is 27.4 Å². The molecule has 0 aliphatic carbocycles. The van der Waals surface area contributed by atoms with E-state index in [1.54, 1.807) is 11.8 Å². The SMILES string of the molecule is CCN(C(C)=O)c1nc(/C=C/c2ccc3cc(C)ccc3n2)cs1.